The third-order valence-electron chi connectivity index (χ3n) is 3.83. The fourth-order valence-electron chi connectivity index (χ4n) is 2.62. The number of rotatable bonds is 3. The van der Waals surface area contributed by atoms with Crippen molar-refractivity contribution in [1.29, 1.82) is 0 Å². The van der Waals surface area contributed by atoms with Crippen LogP contribution in [-0.4, -0.2) is 16.1 Å². The van der Waals surface area contributed by atoms with Gasteiger partial charge in [0.1, 0.15) is 9.88 Å². The molecule has 0 atom stereocenters. The summed E-state index contributed by atoms with van der Waals surface area (Å²) < 4.78 is 1.28. The van der Waals surface area contributed by atoms with E-state index < -0.39 is 5.97 Å². The van der Waals surface area contributed by atoms with Gasteiger partial charge in [-0.1, -0.05) is 42.5 Å². The van der Waals surface area contributed by atoms with Crippen LogP contribution in [0.4, 0.5) is 0 Å². The minimum absolute atomic E-state index is 0.304. The first-order valence-electron chi connectivity index (χ1n) is 7.42. The molecule has 4 aromatic rings. The van der Waals surface area contributed by atoms with Gasteiger partial charge in [-0.2, -0.15) is 0 Å². The van der Waals surface area contributed by atoms with Crippen LogP contribution in [0.5, 0.6) is 0 Å². The minimum Gasteiger partial charge on any atom is -0.477 e. The number of aryl methyl sites for hydroxylation is 1. The topological polar surface area (TPSA) is 50.2 Å². The van der Waals surface area contributed by atoms with E-state index in [9.17, 15) is 4.79 Å². The molecule has 0 spiro atoms. The largest absolute Gasteiger partial charge is 0.477 e. The molecule has 0 fully saturated rings. The number of hydrogen-bond donors (Lipinski definition) is 1. The molecule has 0 bridgehead atoms. The van der Waals surface area contributed by atoms with E-state index in [1.54, 1.807) is 18.3 Å². The molecule has 0 aliphatic heterocycles. The predicted molar refractivity (Wildman–Crippen MR) is 100 cm³/mol. The molecular formula is C19H13NO2S2. The van der Waals surface area contributed by atoms with Crippen LogP contribution in [0.1, 0.15) is 15.4 Å². The lowest BCUT2D eigenvalue weighted by Gasteiger charge is -1.99. The molecule has 4 rings (SSSR count). The highest BCUT2D eigenvalue weighted by Gasteiger charge is 2.15. The Hall–Kier alpha value is -2.50. The molecule has 1 N–H and O–H groups in total. The second kappa shape index (κ2) is 5.85. The number of aromatic carboxylic acids is 1. The number of benzene rings is 2. The van der Waals surface area contributed by atoms with Gasteiger partial charge in [-0.15, -0.1) is 22.7 Å². The van der Waals surface area contributed by atoms with Crippen LogP contribution in [0.25, 0.3) is 31.1 Å². The lowest BCUT2D eigenvalue weighted by atomic mass is 10.1. The van der Waals surface area contributed by atoms with Crippen LogP contribution in [0.2, 0.25) is 0 Å². The van der Waals surface area contributed by atoms with Gasteiger partial charge >= 0.3 is 5.97 Å². The maximum absolute atomic E-state index is 11.2. The summed E-state index contributed by atoms with van der Waals surface area (Å²) in [5, 5.41) is 11.2. The lowest BCUT2D eigenvalue weighted by molar-refractivity contribution is 0.0701. The molecule has 0 saturated heterocycles. The average molecular weight is 351 g/mol. The summed E-state index contributed by atoms with van der Waals surface area (Å²) in [4.78, 5) is 17.1. The highest BCUT2D eigenvalue weighted by Crippen LogP contribution is 2.35. The lowest BCUT2D eigenvalue weighted by Crippen LogP contribution is -1.94. The van der Waals surface area contributed by atoms with E-state index in [-0.39, 0.29) is 0 Å². The van der Waals surface area contributed by atoms with E-state index in [4.69, 9.17) is 5.11 Å². The Balaban J connectivity index is 1.69. The normalized spacial score (nSPS) is 11.0. The zero-order chi connectivity index (χ0) is 16.7. The van der Waals surface area contributed by atoms with Gasteiger partial charge in [0.05, 0.1) is 5.69 Å². The zero-order valence-electron chi connectivity index (χ0n) is 12.8. The van der Waals surface area contributed by atoms with Crippen LogP contribution in [0, 0.1) is 6.92 Å². The summed E-state index contributed by atoms with van der Waals surface area (Å²) in [6.45, 7) is 1.73. The Kier molecular flexibility index (Phi) is 3.67. The van der Waals surface area contributed by atoms with Crippen molar-refractivity contribution in [2.75, 3.05) is 0 Å². The first-order chi connectivity index (χ1) is 11.6. The van der Waals surface area contributed by atoms with Crippen molar-refractivity contribution < 1.29 is 9.90 Å². The molecule has 2 heterocycles. The standard InChI is InChI=1S/C19H13NO2S2/c1-11-17(19(21)22)24-18(20-11)13-8-6-12(7-9-13)16-10-14-4-2-3-5-15(14)23-16/h2-10H,1H3,(H,21,22). The van der Waals surface area contributed by atoms with Crippen molar-refractivity contribution in [2.45, 2.75) is 6.92 Å². The van der Waals surface area contributed by atoms with Crippen molar-refractivity contribution in [1.82, 2.24) is 4.98 Å². The molecule has 3 nitrogen and oxygen atoms in total. The van der Waals surface area contributed by atoms with Gasteiger partial charge in [-0.05, 0) is 30.0 Å². The Morgan fingerprint density at radius 3 is 2.38 bits per heavy atom. The molecule has 118 valence electrons. The number of thiazole rings is 1. The molecule has 24 heavy (non-hydrogen) atoms. The van der Waals surface area contributed by atoms with Crippen LogP contribution in [0.15, 0.2) is 54.6 Å². The number of nitrogens with zero attached hydrogens (tertiary/aromatic N) is 1. The van der Waals surface area contributed by atoms with E-state index in [1.165, 1.54) is 26.3 Å². The van der Waals surface area contributed by atoms with E-state index in [0.717, 1.165) is 16.1 Å². The number of fused-ring (bicyclic) bond motifs is 1. The predicted octanol–water partition coefficient (Wildman–Crippen LogP) is 5.70. The molecule has 0 aliphatic rings. The molecule has 0 amide bonds. The summed E-state index contributed by atoms with van der Waals surface area (Å²) >= 11 is 2.99. The van der Waals surface area contributed by atoms with E-state index in [0.29, 0.717) is 10.6 Å². The van der Waals surface area contributed by atoms with Crippen molar-refractivity contribution in [3.8, 4) is 21.0 Å². The Morgan fingerprint density at radius 2 is 1.71 bits per heavy atom. The minimum atomic E-state index is -0.918. The van der Waals surface area contributed by atoms with Gasteiger partial charge in [0.15, 0.2) is 0 Å². The van der Waals surface area contributed by atoms with Crippen molar-refractivity contribution in [2.24, 2.45) is 0 Å². The molecule has 0 radical (unpaired) electrons. The van der Waals surface area contributed by atoms with E-state index in [1.807, 2.05) is 18.2 Å². The molecule has 2 aromatic carbocycles. The maximum Gasteiger partial charge on any atom is 0.347 e. The fraction of sp³-hybridized carbons (Fsp3) is 0.0526. The average Bonchev–Trinajstić information content (AvgIpc) is 3.18. The molecule has 2 aromatic heterocycles. The first-order valence-corrected chi connectivity index (χ1v) is 9.05. The second-order valence-corrected chi connectivity index (χ2v) is 7.55. The Labute approximate surface area is 146 Å². The van der Waals surface area contributed by atoms with Crippen LogP contribution in [-0.2, 0) is 0 Å². The van der Waals surface area contributed by atoms with Crippen molar-refractivity contribution in [3.05, 3.63) is 65.2 Å². The van der Waals surface area contributed by atoms with Gasteiger partial charge in [0.2, 0.25) is 0 Å². The molecule has 5 heteroatoms. The monoisotopic (exact) mass is 351 g/mol. The maximum atomic E-state index is 11.2. The Bertz CT molecular complexity index is 1010. The summed E-state index contributed by atoms with van der Waals surface area (Å²) in [6.07, 6.45) is 0. The summed E-state index contributed by atoms with van der Waals surface area (Å²) in [5.74, 6) is -0.918. The smallest absolute Gasteiger partial charge is 0.347 e. The Morgan fingerprint density at radius 1 is 1.00 bits per heavy atom. The summed E-state index contributed by atoms with van der Waals surface area (Å²) in [7, 11) is 0. The zero-order valence-corrected chi connectivity index (χ0v) is 14.4. The van der Waals surface area contributed by atoms with Crippen molar-refractivity contribution >= 4 is 38.7 Å². The number of carbonyl (C=O) groups is 1. The molecular weight excluding hydrogens is 338 g/mol. The highest BCUT2D eigenvalue weighted by molar-refractivity contribution is 7.22. The first kappa shape index (κ1) is 15.1. The summed E-state index contributed by atoms with van der Waals surface area (Å²) in [5.41, 5.74) is 2.67. The van der Waals surface area contributed by atoms with Gasteiger partial charge in [0, 0.05) is 15.1 Å². The molecule has 0 saturated carbocycles. The highest BCUT2D eigenvalue weighted by atomic mass is 32.1. The number of thiophene rings is 1. The molecule has 0 unspecified atom stereocenters. The summed E-state index contributed by atoms with van der Waals surface area (Å²) in [6, 6.07) is 18.7. The van der Waals surface area contributed by atoms with Crippen LogP contribution < -0.4 is 0 Å². The third-order valence-corrected chi connectivity index (χ3v) is 6.19. The number of aromatic nitrogens is 1. The number of carboxylic acids is 1. The fourth-order valence-corrected chi connectivity index (χ4v) is 4.60. The van der Waals surface area contributed by atoms with Gasteiger partial charge in [-0.25, -0.2) is 9.78 Å². The van der Waals surface area contributed by atoms with Crippen molar-refractivity contribution in [3.63, 3.8) is 0 Å². The molecule has 0 aliphatic carbocycles. The van der Waals surface area contributed by atoms with Gasteiger partial charge in [-0.3, -0.25) is 0 Å². The SMILES string of the molecule is Cc1nc(-c2ccc(-c3cc4ccccc4s3)cc2)sc1C(=O)O. The van der Waals surface area contributed by atoms with Crippen LogP contribution in [0.3, 0.4) is 0 Å². The quantitative estimate of drug-likeness (QED) is 0.515. The van der Waals surface area contributed by atoms with Gasteiger partial charge < -0.3 is 5.11 Å². The third kappa shape index (κ3) is 2.62. The number of hydrogen-bond acceptors (Lipinski definition) is 4. The van der Waals surface area contributed by atoms with Gasteiger partial charge in [0.25, 0.3) is 0 Å². The second-order valence-electron chi connectivity index (χ2n) is 5.46. The number of carboxylic acid groups (broad SMARTS) is 1. The van der Waals surface area contributed by atoms with E-state index >= 15 is 0 Å². The van der Waals surface area contributed by atoms with Crippen LogP contribution >= 0.6 is 22.7 Å². The van der Waals surface area contributed by atoms with E-state index in [2.05, 4.69) is 41.4 Å².